The highest BCUT2D eigenvalue weighted by atomic mass is 16.4. The Bertz CT molecular complexity index is 923. The maximum absolute atomic E-state index is 12.9. The Morgan fingerprint density at radius 1 is 1.37 bits per heavy atom. The molecule has 0 bridgehead atoms. The Kier molecular flexibility index (Phi) is 3.45. The van der Waals surface area contributed by atoms with Gasteiger partial charge in [-0.3, -0.25) is 19.5 Å². The molecule has 4 aliphatic rings. The molecule has 8 nitrogen and oxygen atoms in total. The number of nitrogens with zero attached hydrogens (tertiary/aromatic N) is 3. The Hall–Kier alpha value is -3.00. The van der Waals surface area contributed by atoms with Crippen LogP contribution in [0.1, 0.15) is 12.8 Å². The van der Waals surface area contributed by atoms with Crippen LogP contribution in [0.15, 0.2) is 47.4 Å². The minimum absolute atomic E-state index is 0.0345. The monoisotopic (exact) mass is 366 g/mol. The lowest BCUT2D eigenvalue weighted by Gasteiger charge is -2.48. The molecule has 4 aliphatic heterocycles. The van der Waals surface area contributed by atoms with Gasteiger partial charge in [-0.25, -0.2) is 4.79 Å². The normalized spacial score (nSPS) is 30.8. The number of hydrogen-bond acceptors (Lipinski definition) is 5. The molecule has 5 rings (SSSR count). The minimum Gasteiger partial charge on any atom is -0.477 e. The summed E-state index contributed by atoms with van der Waals surface area (Å²) in [7, 11) is 0. The summed E-state index contributed by atoms with van der Waals surface area (Å²) in [5.41, 5.74) is 1.96. The quantitative estimate of drug-likeness (QED) is 0.589. The first-order valence-corrected chi connectivity index (χ1v) is 9.04. The van der Waals surface area contributed by atoms with Gasteiger partial charge in [0.15, 0.2) is 0 Å². The number of carboxylic acids is 1. The molecule has 8 heteroatoms. The van der Waals surface area contributed by atoms with Gasteiger partial charge < -0.3 is 15.3 Å². The van der Waals surface area contributed by atoms with Crippen LogP contribution in [0.3, 0.4) is 0 Å². The third kappa shape index (κ3) is 2.19. The summed E-state index contributed by atoms with van der Waals surface area (Å²) in [6.07, 6.45) is 6.30. The van der Waals surface area contributed by atoms with Crippen LogP contribution in [-0.2, 0) is 14.4 Å². The predicted molar refractivity (Wildman–Crippen MR) is 94.5 cm³/mol. The standard InChI is InChI=1S/C19H18N4O4/c24-17-10(4-7-22(17)11-2-1-5-20-9-11)8-13-12-3-6-21-14-15(12)23(18(14)25)16(13)19(26)27/h1-2,5,8-9,12,14-15,21H,3-4,6-7H2,(H,26,27)/b10-8+/t12?,14-,15+/m0/s1. The largest absolute Gasteiger partial charge is 0.477 e. The Morgan fingerprint density at radius 2 is 2.22 bits per heavy atom. The first-order valence-electron chi connectivity index (χ1n) is 9.04. The number of anilines is 1. The molecule has 0 aliphatic carbocycles. The molecule has 27 heavy (non-hydrogen) atoms. The van der Waals surface area contributed by atoms with E-state index in [9.17, 15) is 19.5 Å². The second-order valence-electron chi connectivity index (χ2n) is 7.22. The first kappa shape index (κ1) is 16.2. The number of hydrogen-bond donors (Lipinski definition) is 2. The number of rotatable bonds is 3. The van der Waals surface area contributed by atoms with Crippen molar-refractivity contribution in [2.45, 2.75) is 24.9 Å². The van der Waals surface area contributed by atoms with E-state index in [0.29, 0.717) is 30.7 Å². The van der Waals surface area contributed by atoms with Gasteiger partial charge in [0.2, 0.25) is 5.91 Å². The molecule has 2 N–H and O–H groups in total. The van der Waals surface area contributed by atoms with E-state index in [1.807, 2.05) is 6.07 Å². The van der Waals surface area contributed by atoms with Crippen molar-refractivity contribution >= 4 is 23.5 Å². The highest BCUT2D eigenvalue weighted by molar-refractivity contribution is 6.09. The van der Waals surface area contributed by atoms with Gasteiger partial charge in [0.1, 0.15) is 11.7 Å². The van der Waals surface area contributed by atoms with Crippen LogP contribution < -0.4 is 10.2 Å². The summed E-state index contributed by atoms with van der Waals surface area (Å²) in [5.74, 6) is -1.47. The van der Waals surface area contributed by atoms with Crippen LogP contribution in [0.25, 0.3) is 0 Å². The summed E-state index contributed by atoms with van der Waals surface area (Å²) in [4.78, 5) is 44.1. The highest BCUT2D eigenvalue weighted by Crippen LogP contribution is 2.47. The molecular formula is C19H18N4O4. The maximum atomic E-state index is 12.9. The Balaban J connectivity index is 1.52. The number of carbonyl (C=O) groups excluding carboxylic acids is 2. The van der Waals surface area contributed by atoms with E-state index < -0.39 is 5.97 Å². The number of aromatic nitrogens is 1. The van der Waals surface area contributed by atoms with E-state index in [2.05, 4.69) is 10.3 Å². The number of amides is 2. The van der Waals surface area contributed by atoms with Crippen LogP contribution in [-0.4, -0.2) is 57.9 Å². The van der Waals surface area contributed by atoms with E-state index in [0.717, 1.165) is 12.1 Å². The van der Waals surface area contributed by atoms with E-state index in [1.54, 1.807) is 29.4 Å². The molecule has 0 saturated carbocycles. The number of β-lactam (4-membered cyclic amide) rings is 1. The van der Waals surface area contributed by atoms with Crippen molar-refractivity contribution in [2.75, 3.05) is 18.0 Å². The molecule has 2 amide bonds. The molecule has 0 radical (unpaired) electrons. The van der Waals surface area contributed by atoms with Crippen LogP contribution in [0.2, 0.25) is 0 Å². The lowest BCUT2D eigenvalue weighted by Crippen LogP contribution is -2.71. The van der Waals surface area contributed by atoms with Crippen molar-refractivity contribution in [2.24, 2.45) is 5.92 Å². The summed E-state index contributed by atoms with van der Waals surface area (Å²) in [6.45, 7) is 1.20. The smallest absolute Gasteiger partial charge is 0.352 e. The molecule has 5 heterocycles. The molecule has 1 aromatic heterocycles. The molecular weight excluding hydrogens is 348 g/mol. The van der Waals surface area contributed by atoms with Gasteiger partial charge >= 0.3 is 5.97 Å². The van der Waals surface area contributed by atoms with E-state index in [1.165, 1.54) is 4.90 Å². The number of carboxylic acid groups (broad SMARTS) is 1. The van der Waals surface area contributed by atoms with Gasteiger partial charge in [0, 0.05) is 24.2 Å². The van der Waals surface area contributed by atoms with Crippen LogP contribution in [0.4, 0.5) is 5.69 Å². The fraction of sp³-hybridized carbons (Fsp3) is 0.368. The molecule has 0 aromatic carbocycles. The molecule has 138 valence electrons. The molecule has 1 aromatic rings. The van der Waals surface area contributed by atoms with Gasteiger partial charge in [-0.05, 0) is 43.2 Å². The molecule has 3 fully saturated rings. The summed E-state index contributed by atoms with van der Waals surface area (Å²) >= 11 is 0. The van der Waals surface area contributed by atoms with Crippen molar-refractivity contribution in [1.29, 1.82) is 0 Å². The van der Waals surface area contributed by atoms with Crippen LogP contribution in [0, 0.1) is 5.92 Å². The fourth-order valence-electron chi connectivity index (χ4n) is 4.71. The number of nitrogens with one attached hydrogen (secondary N) is 1. The zero-order valence-corrected chi connectivity index (χ0v) is 14.5. The lowest BCUT2D eigenvalue weighted by atomic mass is 9.79. The lowest BCUT2D eigenvalue weighted by molar-refractivity contribution is -0.154. The molecule has 1 unspecified atom stereocenters. The fourth-order valence-corrected chi connectivity index (χ4v) is 4.71. The van der Waals surface area contributed by atoms with Crippen molar-refractivity contribution in [3.05, 3.63) is 47.4 Å². The third-order valence-corrected chi connectivity index (χ3v) is 5.90. The third-order valence-electron chi connectivity index (χ3n) is 5.90. The second kappa shape index (κ2) is 5.75. The Morgan fingerprint density at radius 3 is 2.96 bits per heavy atom. The average Bonchev–Trinajstić information content (AvgIpc) is 3.20. The van der Waals surface area contributed by atoms with Gasteiger partial charge in [-0.2, -0.15) is 0 Å². The van der Waals surface area contributed by atoms with Gasteiger partial charge in [0.05, 0.1) is 17.9 Å². The predicted octanol–water partition coefficient (Wildman–Crippen LogP) is 0.286. The zero-order chi connectivity index (χ0) is 18.7. The number of pyridine rings is 1. The minimum atomic E-state index is -1.11. The number of carbonyl (C=O) groups is 3. The average molecular weight is 366 g/mol. The second-order valence-corrected chi connectivity index (χ2v) is 7.22. The molecule has 3 saturated heterocycles. The summed E-state index contributed by atoms with van der Waals surface area (Å²) < 4.78 is 0. The van der Waals surface area contributed by atoms with Gasteiger partial charge in [0.25, 0.3) is 5.91 Å². The summed E-state index contributed by atoms with van der Waals surface area (Å²) in [5, 5.41) is 12.9. The Labute approximate surface area is 155 Å². The topological polar surface area (TPSA) is 103 Å². The van der Waals surface area contributed by atoms with E-state index in [4.69, 9.17) is 0 Å². The van der Waals surface area contributed by atoms with Crippen molar-refractivity contribution in [1.82, 2.24) is 15.2 Å². The van der Waals surface area contributed by atoms with E-state index in [-0.39, 0.29) is 35.5 Å². The van der Waals surface area contributed by atoms with Crippen LogP contribution in [0.5, 0.6) is 0 Å². The van der Waals surface area contributed by atoms with Gasteiger partial charge in [-0.15, -0.1) is 0 Å². The van der Waals surface area contributed by atoms with E-state index >= 15 is 0 Å². The van der Waals surface area contributed by atoms with Gasteiger partial charge in [-0.1, -0.05) is 0 Å². The van der Waals surface area contributed by atoms with Crippen molar-refractivity contribution < 1.29 is 19.5 Å². The zero-order valence-electron chi connectivity index (χ0n) is 14.5. The number of aliphatic carboxylic acids is 1. The van der Waals surface area contributed by atoms with Crippen molar-refractivity contribution in [3.63, 3.8) is 0 Å². The first-order chi connectivity index (χ1) is 13.1. The number of allylic oxidation sites excluding steroid dienone is 1. The summed E-state index contributed by atoms with van der Waals surface area (Å²) in [6, 6.07) is 3.15. The van der Waals surface area contributed by atoms with Crippen molar-refractivity contribution in [3.8, 4) is 0 Å². The number of piperidine rings is 1. The SMILES string of the molecule is O=C(O)C1=C(/C=C2\CCN(c3cccnc3)C2=O)C2CCN[C@@H]3C(=O)N1[C@H]23. The molecule has 0 spiro atoms. The van der Waals surface area contributed by atoms with Crippen LogP contribution >= 0.6 is 0 Å². The molecule has 3 atom stereocenters. The highest BCUT2D eigenvalue weighted by Gasteiger charge is 2.60. The maximum Gasteiger partial charge on any atom is 0.352 e.